The van der Waals surface area contributed by atoms with Gasteiger partial charge >= 0.3 is 0 Å². The number of amides is 1. The van der Waals surface area contributed by atoms with Crippen LogP contribution in [0.15, 0.2) is 0 Å². The van der Waals surface area contributed by atoms with Gasteiger partial charge in [0.05, 0.1) is 12.2 Å². The smallest absolute Gasteiger partial charge is 0.241 e. The zero-order valence-corrected chi connectivity index (χ0v) is 13.1. The molecule has 0 aromatic heterocycles. The Morgan fingerprint density at radius 2 is 1.68 bits per heavy atom. The molecule has 0 spiro atoms. The zero-order chi connectivity index (χ0) is 14.2. The van der Waals surface area contributed by atoms with Gasteiger partial charge in [-0.3, -0.25) is 10.1 Å². The third-order valence-electron chi connectivity index (χ3n) is 4.43. The molecule has 0 aromatic rings. The minimum absolute atomic E-state index is 0.0462. The molecule has 2 fully saturated rings. The van der Waals surface area contributed by atoms with Crippen LogP contribution in [0.4, 0.5) is 0 Å². The lowest BCUT2D eigenvalue weighted by molar-refractivity contribution is -0.132. The molecule has 110 valence electrons. The van der Waals surface area contributed by atoms with E-state index in [1.54, 1.807) is 0 Å². The largest absolute Gasteiger partial charge is 0.323 e. The molecular formula is C16H30N2O. The lowest BCUT2D eigenvalue weighted by Gasteiger charge is -2.31. The third-order valence-corrected chi connectivity index (χ3v) is 4.43. The minimum Gasteiger partial charge on any atom is -0.323 e. The van der Waals surface area contributed by atoms with E-state index < -0.39 is 0 Å². The van der Waals surface area contributed by atoms with Crippen LogP contribution < -0.4 is 5.32 Å². The van der Waals surface area contributed by atoms with Gasteiger partial charge in [0.25, 0.3) is 0 Å². The summed E-state index contributed by atoms with van der Waals surface area (Å²) < 4.78 is 0. The van der Waals surface area contributed by atoms with Crippen LogP contribution in [0.2, 0.25) is 0 Å². The molecule has 1 aliphatic heterocycles. The number of hydrogen-bond acceptors (Lipinski definition) is 2. The Hall–Kier alpha value is -0.570. The summed E-state index contributed by atoms with van der Waals surface area (Å²) in [6.45, 7) is 11.1. The van der Waals surface area contributed by atoms with Gasteiger partial charge in [0.15, 0.2) is 0 Å². The molecule has 1 saturated heterocycles. The number of nitrogens with zero attached hydrogens (tertiary/aromatic N) is 1. The van der Waals surface area contributed by atoms with Gasteiger partial charge in [-0.05, 0) is 50.4 Å². The Morgan fingerprint density at radius 1 is 1.11 bits per heavy atom. The third kappa shape index (κ3) is 3.50. The fraction of sp³-hybridized carbons (Fsp3) is 0.938. The molecule has 1 amide bonds. The van der Waals surface area contributed by atoms with Crippen LogP contribution in [-0.4, -0.2) is 29.1 Å². The second-order valence-corrected chi connectivity index (χ2v) is 7.32. The molecule has 19 heavy (non-hydrogen) atoms. The Morgan fingerprint density at radius 3 is 2.16 bits per heavy atom. The highest BCUT2D eigenvalue weighted by Crippen LogP contribution is 2.38. The molecule has 1 N–H and O–H groups in total. The normalized spacial score (nSPS) is 29.6. The van der Waals surface area contributed by atoms with Crippen molar-refractivity contribution < 1.29 is 4.79 Å². The lowest BCUT2D eigenvalue weighted by atomic mass is 10.0. The van der Waals surface area contributed by atoms with E-state index >= 15 is 0 Å². The summed E-state index contributed by atoms with van der Waals surface area (Å²) in [4.78, 5) is 14.8. The van der Waals surface area contributed by atoms with E-state index in [-0.39, 0.29) is 12.2 Å². The maximum absolute atomic E-state index is 12.7. The standard InChI is InChI=1S/C16H30N2O/c1-10(2)8-14-16(19)18(12(5)13-6-7-13)15(17-14)9-11(3)4/h10-15,17H,6-9H2,1-5H3. The fourth-order valence-electron chi connectivity index (χ4n) is 3.28. The van der Waals surface area contributed by atoms with Crippen LogP contribution in [0.3, 0.4) is 0 Å². The highest BCUT2D eigenvalue weighted by atomic mass is 16.2. The molecule has 3 nitrogen and oxygen atoms in total. The van der Waals surface area contributed by atoms with Crippen molar-refractivity contribution in [1.29, 1.82) is 0 Å². The lowest BCUT2D eigenvalue weighted by Crippen LogP contribution is -2.44. The Labute approximate surface area is 118 Å². The quantitative estimate of drug-likeness (QED) is 0.801. The molecule has 0 radical (unpaired) electrons. The summed E-state index contributed by atoms with van der Waals surface area (Å²) in [6, 6.07) is 0.464. The molecule has 1 saturated carbocycles. The summed E-state index contributed by atoms with van der Waals surface area (Å²) >= 11 is 0. The van der Waals surface area contributed by atoms with Gasteiger partial charge < -0.3 is 4.90 Å². The summed E-state index contributed by atoms with van der Waals surface area (Å²) in [7, 11) is 0. The van der Waals surface area contributed by atoms with Crippen molar-refractivity contribution in [3.63, 3.8) is 0 Å². The molecule has 3 heteroatoms. The van der Waals surface area contributed by atoms with Crippen LogP contribution in [0.1, 0.15) is 60.3 Å². The van der Waals surface area contributed by atoms with Gasteiger partial charge in [0, 0.05) is 6.04 Å². The summed E-state index contributed by atoms with van der Waals surface area (Å²) in [5, 5.41) is 3.59. The average Bonchev–Trinajstić information content (AvgIpc) is 3.06. The summed E-state index contributed by atoms with van der Waals surface area (Å²) in [5.41, 5.74) is 0. The van der Waals surface area contributed by atoms with E-state index in [0.717, 1.165) is 18.8 Å². The van der Waals surface area contributed by atoms with Crippen LogP contribution in [0, 0.1) is 17.8 Å². The molecule has 3 unspecified atom stereocenters. The van der Waals surface area contributed by atoms with Crippen molar-refractivity contribution in [1.82, 2.24) is 10.2 Å². The molecule has 1 aliphatic carbocycles. The van der Waals surface area contributed by atoms with Gasteiger partial charge in [-0.1, -0.05) is 27.7 Å². The van der Waals surface area contributed by atoms with Crippen molar-refractivity contribution >= 4 is 5.91 Å². The molecule has 0 bridgehead atoms. The van der Waals surface area contributed by atoms with Crippen molar-refractivity contribution in [2.24, 2.45) is 17.8 Å². The molecule has 2 aliphatic rings. The number of hydrogen-bond donors (Lipinski definition) is 1. The zero-order valence-electron chi connectivity index (χ0n) is 13.1. The van der Waals surface area contributed by atoms with E-state index in [1.807, 2.05) is 0 Å². The summed E-state index contributed by atoms with van der Waals surface area (Å²) in [5.74, 6) is 2.28. The Balaban J connectivity index is 2.08. The first-order valence-corrected chi connectivity index (χ1v) is 7.98. The van der Waals surface area contributed by atoms with E-state index in [4.69, 9.17) is 0 Å². The Kier molecular flexibility index (Phi) is 4.54. The monoisotopic (exact) mass is 266 g/mol. The van der Waals surface area contributed by atoms with Gasteiger partial charge in [0.2, 0.25) is 5.91 Å². The highest BCUT2D eigenvalue weighted by Gasteiger charge is 2.45. The maximum Gasteiger partial charge on any atom is 0.241 e. The number of carbonyl (C=O) groups excluding carboxylic acids is 1. The van der Waals surface area contributed by atoms with E-state index in [9.17, 15) is 4.79 Å². The molecule has 3 atom stereocenters. The molecule has 0 aromatic carbocycles. The topological polar surface area (TPSA) is 32.3 Å². The van der Waals surface area contributed by atoms with E-state index in [1.165, 1.54) is 12.8 Å². The highest BCUT2D eigenvalue weighted by molar-refractivity contribution is 5.84. The van der Waals surface area contributed by atoms with Crippen molar-refractivity contribution in [2.75, 3.05) is 0 Å². The first-order valence-electron chi connectivity index (χ1n) is 7.98. The van der Waals surface area contributed by atoms with Crippen LogP contribution in [0.25, 0.3) is 0 Å². The van der Waals surface area contributed by atoms with Gasteiger partial charge in [0.1, 0.15) is 0 Å². The average molecular weight is 266 g/mol. The van der Waals surface area contributed by atoms with Crippen LogP contribution in [0.5, 0.6) is 0 Å². The van der Waals surface area contributed by atoms with Crippen LogP contribution >= 0.6 is 0 Å². The van der Waals surface area contributed by atoms with Gasteiger partial charge in [-0.25, -0.2) is 0 Å². The van der Waals surface area contributed by atoms with E-state index in [0.29, 0.717) is 23.8 Å². The summed E-state index contributed by atoms with van der Waals surface area (Å²) in [6.07, 6.45) is 4.88. The second-order valence-electron chi connectivity index (χ2n) is 7.32. The van der Waals surface area contributed by atoms with Crippen LogP contribution in [-0.2, 0) is 4.79 Å². The maximum atomic E-state index is 12.7. The minimum atomic E-state index is 0.0462. The first kappa shape index (κ1) is 14.8. The SMILES string of the molecule is CC(C)CC1NC(CC(C)C)N(C(C)C2CC2)C1=O. The predicted octanol–water partition coefficient (Wildman–Crippen LogP) is 3.00. The molecule has 1 heterocycles. The number of carbonyl (C=O) groups is 1. The molecular weight excluding hydrogens is 236 g/mol. The van der Waals surface area contributed by atoms with Crippen molar-refractivity contribution in [3.8, 4) is 0 Å². The first-order chi connectivity index (χ1) is 8.90. The molecule has 2 rings (SSSR count). The fourth-order valence-corrected chi connectivity index (χ4v) is 3.28. The predicted molar refractivity (Wildman–Crippen MR) is 78.7 cm³/mol. The van der Waals surface area contributed by atoms with Gasteiger partial charge in [-0.2, -0.15) is 0 Å². The van der Waals surface area contributed by atoms with E-state index in [2.05, 4.69) is 44.8 Å². The van der Waals surface area contributed by atoms with Crippen molar-refractivity contribution in [3.05, 3.63) is 0 Å². The number of nitrogens with one attached hydrogen (secondary N) is 1. The van der Waals surface area contributed by atoms with Gasteiger partial charge in [-0.15, -0.1) is 0 Å². The number of rotatable bonds is 6. The van der Waals surface area contributed by atoms with Crippen molar-refractivity contribution in [2.45, 2.75) is 78.6 Å². The Bertz CT molecular complexity index is 323. The second kappa shape index (κ2) is 5.82.